The number of rotatable bonds is 4. The largest absolute Gasteiger partial charge is 0.465 e. The van der Waals surface area contributed by atoms with Gasteiger partial charge in [-0.15, -0.1) is 0 Å². The van der Waals surface area contributed by atoms with E-state index in [0.29, 0.717) is 24.9 Å². The normalized spacial score (nSPS) is 21.8. The van der Waals surface area contributed by atoms with E-state index in [1.54, 1.807) is 6.92 Å². The standard InChI is InChI=1S/C15H17F2NO3/c1-2-21-14(20)15(6-3-7-18-13(15)19)9-10-4-5-11(16)12(17)8-10/h4-5,8H,2-3,6-7,9H2,1H3,(H,18,19). The Morgan fingerprint density at radius 3 is 2.76 bits per heavy atom. The molecule has 114 valence electrons. The highest BCUT2D eigenvalue weighted by Gasteiger charge is 2.48. The van der Waals surface area contributed by atoms with Crippen LogP contribution in [0.1, 0.15) is 25.3 Å². The molecule has 1 aromatic carbocycles. The lowest BCUT2D eigenvalue weighted by Crippen LogP contribution is -2.52. The minimum absolute atomic E-state index is 0.00509. The van der Waals surface area contributed by atoms with Crippen LogP contribution in [-0.4, -0.2) is 25.0 Å². The number of ether oxygens (including phenoxy) is 1. The average molecular weight is 297 g/mol. The van der Waals surface area contributed by atoms with Gasteiger partial charge in [-0.3, -0.25) is 9.59 Å². The van der Waals surface area contributed by atoms with Crippen molar-refractivity contribution in [3.05, 3.63) is 35.4 Å². The predicted molar refractivity (Wildman–Crippen MR) is 71.4 cm³/mol. The third-order valence-electron chi connectivity index (χ3n) is 3.66. The summed E-state index contributed by atoms with van der Waals surface area (Å²) in [4.78, 5) is 24.4. The quantitative estimate of drug-likeness (QED) is 0.683. The van der Waals surface area contributed by atoms with E-state index in [1.165, 1.54) is 6.07 Å². The summed E-state index contributed by atoms with van der Waals surface area (Å²) in [6.45, 7) is 2.31. The Balaban J connectivity index is 2.33. The van der Waals surface area contributed by atoms with E-state index >= 15 is 0 Å². The van der Waals surface area contributed by atoms with E-state index in [4.69, 9.17) is 4.74 Å². The van der Waals surface area contributed by atoms with Crippen molar-refractivity contribution >= 4 is 11.9 Å². The molecule has 1 amide bonds. The molecule has 6 heteroatoms. The van der Waals surface area contributed by atoms with Crippen molar-refractivity contribution in [2.24, 2.45) is 5.41 Å². The first-order chi connectivity index (χ1) is 9.99. The fourth-order valence-electron chi connectivity index (χ4n) is 2.58. The first-order valence-electron chi connectivity index (χ1n) is 6.89. The molecule has 4 nitrogen and oxygen atoms in total. The number of halogens is 2. The number of benzene rings is 1. The second kappa shape index (κ2) is 6.20. The minimum atomic E-state index is -1.36. The molecule has 21 heavy (non-hydrogen) atoms. The molecule has 1 heterocycles. The van der Waals surface area contributed by atoms with E-state index in [9.17, 15) is 18.4 Å². The number of piperidine rings is 1. The van der Waals surface area contributed by atoms with Gasteiger partial charge in [0.1, 0.15) is 0 Å². The maximum absolute atomic E-state index is 13.3. The molecule has 1 aliphatic rings. The van der Waals surface area contributed by atoms with E-state index in [1.807, 2.05) is 0 Å². The maximum atomic E-state index is 13.3. The fourth-order valence-corrected chi connectivity index (χ4v) is 2.58. The predicted octanol–water partition coefficient (Wildman–Crippen LogP) is 1.97. The van der Waals surface area contributed by atoms with Gasteiger partial charge in [-0.05, 0) is 43.9 Å². The van der Waals surface area contributed by atoms with Crippen LogP contribution in [0.3, 0.4) is 0 Å². The maximum Gasteiger partial charge on any atom is 0.321 e. The van der Waals surface area contributed by atoms with Crippen LogP contribution >= 0.6 is 0 Å². The van der Waals surface area contributed by atoms with Crippen molar-refractivity contribution in [1.29, 1.82) is 0 Å². The van der Waals surface area contributed by atoms with E-state index in [-0.39, 0.29) is 13.0 Å². The highest BCUT2D eigenvalue weighted by Crippen LogP contribution is 2.33. The first kappa shape index (κ1) is 15.4. The lowest BCUT2D eigenvalue weighted by atomic mass is 9.75. The number of hydrogen-bond acceptors (Lipinski definition) is 3. The van der Waals surface area contributed by atoms with Crippen molar-refractivity contribution < 1.29 is 23.1 Å². The smallest absolute Gasteiger partial charge is 0.321 e. The highest BCUT2D eigenvalue weighted by molar-refractivity contribution is 6.03. The summed E-state index contributed by atoms with van der Waals surface area (Å²) in [7, 11) is 0. The lowest BCUT2D eigenvalue weighted by Gasteiger charge is -2.33. The monoisotopic (exact) mass is 297 g/mol. The molecule has 0 aromatic heterocycles. The van der Waals surface area contributed by atoms with Crippen LogP contribution in [0.25, 0.3) is 0 Å². The Morgan fingerprint density at radius 2 is 2.14 bits per heavy atom. The summed E-state index contributed by atoms with van der Waals surface area (Å²) in [6, 6.07) is 3.38. The molecule has 2 rings (SSSR count). The van der Waals surface area contributed by atoms with Crippen LogP contribution in [-0.2, 0) is 20.7 Å². The Labute approximate surface area is 121 Å². The molecular formula is C15H17F2NO3. The van der Waals surface area contributed by atoms with Gasteiger partial charge in [0.25, 0.3) is 0 Å². The molecule has 1 aliphatic heterocycles. The number of carbonyl (C=O) groups is 2. The Bertz CT molecular complexity index is 562. The van der Waals surface area contributed by atoms with E-state index in [0.717, 1.165) is 12.1 Å². The zero-order valence-electron chi connectivity index (χ0n) is 11.7. The molecule has 0 saturated carbocycles. The van der Waals surface area contributed by atoms with Crippen molar-refractivity contribution in [3.63, 3.8) is 0 Å². The van der Waals surface area contributed by atoms with Gasteiger partial charge in [0, 0.05) is 6.54 Å². The molecule has 1 N–H and O–H groups in total. The van der Waals surface area contributed by atoms with Gasteiger partial charge in [-0.25, -0.2) is 8.78 Å². The summed E-state index contributed by atoms with van der Waals surface area (Å²) in [5.41, 5.74) is -0.975. The van der Waals surface area contributed by atoms with E-state index < -0.39 is 28.9 Å². The first-order valence-corrected chi connectivity index (χ1v) is 6.89. The van der Waals surface area contributed by atoms with Crippen LogP contribution in [0.2, 0.25) is 0 Å². The molecule has 1 saturated heterocycles. The van der Waals surface area contributed by atoms with Crippen LogP contribution in [0.15, 0.2) is 18.2 Å². The second-order valence-electron chi connectivity index (χ2n) is 5.09. The van der Waals surface area contributed by atoms with Crippen LogP contribution in [0, 0.1) is 17.0 Å². The number of hydrogen-bond donors (Lipinski definition) is 1. The van der Waals surface area contributed by atoms with Crippen molar-refractivity contribution in [2.75, 3.05) is 13.2 Å². The number of nitrogens with one attached hydrogen (secondary N) is 1. The molecule has 1 atom stereocenters. The SMILES string of the molecule is CCOC(=O)C1(Cc2ccc(F)c(F)c2)CCCNC1=O. The minimum Gasteiger partial charge on any atom is -0.465 e. The number of amides is 1. The molecular weight excluding hydrogens is 280 g/mol. The van der Waals surface area contributed by atoms with Gasteiger partial charge in [0.05, 0.1) is 6.61 Å². The van der Waals surface area contributed by atoms with Crippen LogP contribution in [0.5, 0.6) is 0 Å². The Morgan fingerprint density at radius 1 is 1.38 bits per heavy atom. The summed E-state index contributed by atoms with van der Waals surface area (Å²) in [5, 5.41) is 2.65. The van der Waals surface area contributed by atoms with Gasteiger partial charge >= 0.3 is 5.97 Å². The third kappa shape index (κ3) is 3.04. The Kier molecular flexibility index (Phi) is 4.55. The zero-order valence-corrected chi connectivity index (χ0v) is 11.7. The van der Waals surface area contributed by atoms with Crippen molar-refractivity contribution in [3.8, 4) is 0 Å². The lowest BCUT2D eigenvalue weighted by molar-refractivity contribution is -0.163. The van der Waals surface area contributed by atoms with Crippen molar-refractivity contribution in [1.82, 2.24) is 5.32 Å². The molecule has 0 radical (unpaired) electrons. The summed E-state index contributed by atoms with van der Waals surface area (Å²) < 4.78 is 31.3. The van der Waals surface area contributed by atoms with Gasteiger partial charge in [-0.1, -0.05) is 6.07 Å². The van der Waals surface area contributed by atoms with Gasteiger partial charge in [0.15, 0.2) is 17.0 Å². The van der Waals surface area contributed by atoms with E-state index in [2.05, 4.69) is 5.32 Å². The molecule has 0 bridgehead atoms. The summed E-state index contributed by atoms with van der Waals surface area (Å²) in [6.07, 6.45) is 0.958. The molecule has 1 fully saturated rings. The molecule has 1 aromatic rings. The third-order valence-corrected chi connectivity index (χ3v) is 3.66. The zero-order chi connectivity index (χ0) is 15.5. The average Bonchev–Trinajstić information content (AvgIpc) is 2.45. The van der Waals surface area contributed by atoms with Crippen LogP contribution in [0.4, 0.5) is 8.78 Å². The Hall–Kier alpha value is -1.98. The molecule has 0 spiro atoms. The summed E-state index contributed by atoms with van der Waals surface area (Å²) >= 11 is 0. The van der Waals surface area contributed by atoms with Gasteiger partial charge in [-0.2, -0.15) is 0 Å². The van der Waals surface area contributed by atoms with Gasteiger partial charge in [0.2, 0.25) is 5.91 Å². The number of esters is 1. The van der Waals surface area contributed by atoms with Crippen molar-refractivity contribution in [2.45, 2.75) is 26.2 Å². The second-order valence-corrected chi connectivity index (χ2v) is 5.09. The fraction of sp³-hybridized carbons (Fsp3) is 0.467. The molecule has 1 unspecified atom stereocenters. The topological polar surface area (TPSA) is 55.4 Å². The number of carbonyl (C=O) groups excluding carboxylic acids is 2. The highest BCUT2D eigenvalue weighted by atomic mass is 19.2. The molecule has 0 aliphatic carbocycles. The van der Waals surface area contributed by atoms with Gasteiger partial charge < -0.3 is 10.1 Å². The van der Waals surface area contributed by atoms with Crippen LogP contribution < -0.4 is 5.32 Å². The summed E-state index contributed by atoms with van der Waals surface area (Å²) in [5.74, 6) is -3.00.